The van der Waals surface area contributed by atoms with Crippen molar-refractivity contribution in [2.24, 2.45) is 0 Å². The molecule has 2 aromatic heterocycles. The molecule has 9 aromatic rings. The zero-order valence-electron chi connectivity index (χ0n) is 25.3. The van der Waals surface area contributed by atoms with E-state index >= 15 is 0 Å². The molecule has 0 bridgehead atoms. The average Bonchev–Trinajstić information content (AvgIpc) is 3.54. The van der Waals surface area contributed by atoms with Gasteiger partial charge in [0.2, 0.25) is 0 Å². The Kier molecular flexibility index (Phi) is 6.65. The van der Waals surface area contributed by atoms with Gasteiger partial charge in [0, 0.05) is 36.9 Å². The van der Waals surface area contributed by atoms with Gasteiger partial charge in [-0.3, -0.25) is 0 Å². The maximum atomic E-state index is 5.15. The first-order valence-corrected chi connectivity index (χ1v) is 16.5. The minimum Gasteiger partial charge on any atom is -0.208 e. The van der Waals surface area contributed by atoms with E-state index < -0.39 is 0 Å². The summed E-state index contributed by atoms with van der Waals surface area (Å²) in [5.74, 6) is 1.97. The van der Waals surface area contributed by atoms with Crippen LogP contribution in [-0.2, 0) is 0 Å². The molecule has 0 saturated heterocycles. The van der Waals surface area contributed by atoms with Crippen LogP contribution in [0, 0.1) is 0 Å². The Hall–Kier alpha value is -5.97. The first-order chi connectivity index (χ1) is 23.3. The molecule has 9 rings (SSSR count). The van der Waals surface area contributed by atoms with Crippen molar-refractivity contribution >= 4 is 42.3 Å². The topological polar surface area (TPSA) is 38.7 Å². The molecule has 0 N–H and O–H groups in total. The average molecular weight is 618 g/mol. The molecule has 0 spiro atoms. The molecule has 3 nitrogen and oxygen atoms in total. The van der Waals surface area contributed by atoms with Gasteiger partial charge in [0.15, 0.2) is 17.5 Å². The summed E-state index contributed by atoms with van der Waals surface area (Å²) in [6, 6.07) is 57.5. The van der Waals surface area contributed by atoms with E-state index in [1.165, 1.54) is 36.5 Å². The van der Waals surface area contributed by atoms with E-state index in [4.69, 9.17) is 15.0 Å². The molecule has 0 radical (unpaired) electrons. The predicted octanol–water partition coefficient (Wildman–Crippen LogP) is 11.7. The van der Waals surface area contributed by atoms with Crippen LogP contribution in [-0.4, -0.2) is 15.0 Å². The number of hydrogen-bond acceptors (Lipinski definition) is 4. The van der Waals surface area contributed by atoms with Crippen LogP contribution in [0.15, 0.2) is 164 Å². The summed E-state index contributed by atoms with van der Waals surface area (Å²) in [6.45, 7) is 0. The van der Waals surface area contributed by atoms with Gasteiger partial charge in [0.1, 0.15) is 0 Å². The summed E-state index contributed by atoms with van der Waals surface area (Å²) in [6.07, 6.45) is 0. The van der Waals surface area contributed by atoms with E-state index in [1.807, 2.05) is 6.07 Å². The molecule has 0 aliphatic carbocycles. The SMILES string of the molecule is c1ccc(-c2ccc(-c3nc(-c4cccc(-c5ccc6ccccc6c5)c4)nc(-c4cccc5c4sc4ccccc45)n3)cc2)cc1. The summed E-state index contributed by atoms with van der Waals surface area (Å²) in [5, 5.41) is 4.92. The van der Waals surface area contributed by atoms with Crippen molar-refractivity contribution in [1.82, 2.24) is 15.0 Å². The van der Waals surface area contributed by atoms with Gasteiger partial charge in [-0.15, -0.1) is 11.3 Å². The number of rotatable bonds is 5. The molecule has 4 heteroatoms. The molecule has 2 heterocycles. The third kappa shape index (κ3) is 5.05. The normalized spacial score (nSPS) is 11.4. The smallest absolute Gasteiger partial charge is 0.165 e. The Morgan fingerprint density at radius 1 is 0.340 bits per heavy atom. The Morgan fingerprint density at radius 2 is 0.915 bits per heavy atom. The summed E-state index contributed by atoms with van der Waals surface area (Å²) < 4.78 is 2.44. The highest BCUT2D eigenvalue weighted by molar-refractivity contribution is 7.26. The van der Waals surface area contributed by atoms with Gasteiger partial charge in [-0.1, -0.05) is 140 Å². The molecular formula is C43H27N3S. The number of benzene rings is 7. The third-order valence-corrected chi connectivity index (χ3v) is 9.95. The van der Waals surface area contributed by atoms with Gasteiger partial charge >= 0.3 is 0 Å². The van der Waals surface area contributed by atoms with Crippen LogP contribution in [0.3, 0.4) is 0 Å². The lowest BCUT2D eigenvalue weighted by Crippen LogP contribution is -2.00. The van der Waals surface area contributed by atoms with E-state index in [1.54, 1.807) is 11.3 Å². The van der Waals surface area contributed by atoms with Crippen LogP contribution in [0.2, 0.25) is 0 Å². The molecule has 220 valence electrons. The molecule has 0 aliphatic rings. The molecule has 0 atom stereocenters. The van der Waals surface area contributed by atoms with Crippen LogP contribution in [0.1, 0.15) is 0 Å². The zero-order chi connectivity index (χ0) is 31.2. The Bertz CT molecular complexity index is 2570. The summed E-state index contributed by atoms with van der Waals surface area (Å²) in [4.78, 5) is 15.4. The molecule has 0 saturated carbocycles. The van der Waals surface area contributed by atoms with Crippen LogP contribution in [0.4, 0.5) is 0 Å². The highest BCUT2D eigenvalue weighted by atomic mass is 32.1. The molecule has 47 heavy (non-hydrogen) atoms. The number of hydrogen-bond donors (Lipinski definition) is 0. The lowest BCUT2D eigenvalue weighted by atomic mass is 9.99. The van der Waals surface area contributed by atoms with Crippen molar-refractivity contribution in [1.29, 1.82) is 0 Å². The van der Waals surface area contributed by atoms with Crippen LogP contribution in [0.25, 0.3) is 87.4 Å². The van der Waals surface area contributed by atoms with Crippen molar-refractivity contribution in [2.45, 2.75) is 0 Å². The Balaban J connectivity index is 1.21. The van der Waals surface area contributed by atoms with Crippen molar-refractivity contribution < 1.29 is 0 Å². The van der Waals surface area contributed by atoms with Gasteiger partial charge < -0.3 is 0 Å². The highest BCUT2D eigenvalue weighted by Gasteiger charge is 2.17. The van der Waals surface area contributed by atoms with Crippen molar-refractivity contribution in [3.05, 3.63) is 164 Å². The minimum absolute atomic E-state index is 0.651. The maximum Gasteiger partial charge on any atom is 0.165 e. The molecule has 0 amide bonds. The molecule has 0 fully saturated rings. The Labute approximate surface area is 276 Å². The quantitative estimate of drug-likeness (QED) is 0.193. The van der Waals surface area contributed by atoms with Gasteiger partial charge in [0.25, 0.3) is 0 Å². The largest absolute Gasteiger partial charge is 0.208 e. The van der Waals surface area contributed by atoms with Gasteiger partial charge in [-0.2, -0.15) is 0 Å². The van der Waals surface area contributed by atoms with E-state index in [0.717, 1.165) is 33.4 Å². The van der Waals surface area contributed by atoms with Crippen LogP contribution >= 0.6 is 11.3 Å². The lowest BCUT2D eigenvalue weighted by molar-refractivity contribution is 1.08. The molecule has 7 aromatic carbocycles. The highest BCUT2D eigenvalue weighted by Crippen LogP contribution is 2.40. The van der Waals surface area contributed by atoms with E-state index in [-0.39, 0.29) is 0 Å². The number of thiophene rings is 1. The number of aromatic nitrogens is 3. The van der Waals surface area contributed by atoms with Crippen molar-refractivity contribution in [3.63, 3.8) is 0 Å². The zero-order valence-corrected chi connectivity index (χ0v) is 26.2. The van der Waals surface area contributed by atoms with E-state index in [0.29, 0.717) is 17.5 Å². The number of fused-ring (bicyclic) bond motifs is 4. The van der Waals surface area contributed by atoms with E-state index in [2.05, 4.69) is 158 Å². The third-order valence-electron chi connectivity index (χ3n) is 8.73. The fourth-order valence-electron chi connectivity index (χ4n) is 6.33. The van der Waals surface area contributed by atoms with E-state index in [9.17, 15) is 0 Å². The van der Waals surface area contributed by atoms with Gasteiger partial charge in [-0.25, -0.2) is 15.0 Å². The van der Waals surface area contributed by atoms with Gasteiger partial charge in [-0.05, 0) is 57.3 Å². The second-order valence-corrected chi connectivity index (χ2v) is 12.7. The molecular weight excluding hydrogens is 591 g/mol. The standard InChI is InChI=1S/C43H27N3S/c1-2-10-28(11-3-1)30-20-23-31(24-21-30)41-44-42(35-15-8-14-33(27-35)34-25-22-29-12-4-5-13-32(29)26-34)46-43(45-41)38-18-9-17-37-36-16-6-7-19-39(36)47-40(37)38/h1-27H. The summed E-state index contributed by atoms with van der Waals surface area (Å²) in [5.41, 5.74) is 7.52. The predicted molar refractivity (Wildman–Crippen MR) is 197 cm³/mol. The van der Waals surface area contributed by atoms with Crippen LogP contribution < -0.4 is 0 Å². The summed E-state index contributed by atoms with van der Waals surface area (Å²) >= 11 is 1.79. The first kappa shape index (κ1) is 27.3. The Morgan fingerprint density at radius 3 is 1.79 bits per heavy atom. The fourth-order valence-corrected chi connectivity index (χ4v) is 7.54. The second-order valence-electron chi connectivity index (χ2n) is 11.7. The van der Waals surface area contributed by atoms with Crippen LogP contribution in [0.5, 0.6) is 0 Å². The van der Waals surface area contributed by atoms with Crippen molar-refractivity contribution in [3.8, 4) is 56.4 Å². The maximum absolute atomic E-state index is 5.15. The number of nitrogens with zero attached hydrogens (tertiary/aromatic N) is 3. The monoisotopic (exact) mass is 617 g/mol. The van der Waals surface area contributed by atoms with Gasteiger partial charge in [0.05, 0.1) is 0 Å². The first-order valence-electron chi connectivity index (χ1n) is 15.7. The fraction of sp³-hybridized carbons (Fsp3) is 0. The lowest BCUT2D eigenvalue weighted by Gasteiger charge is -2.11. The molecule has 0 aliphatic heterocycles. The summed E-state index contributed by atoms with van der Waals surface area (Å²) in [7, 11) is 0. The van der Waals surface area contributed by atoms with Crippen molar-refractivity contribution in [2.75, 3.05) is 0 Å². The second kappa shape index (κ2) is 11.4. The molecule has 0 unspecified atom stereocenters. The minimum atomic E-state index is 0.651.